The van der Waals surface area contributed by atoms with Crippen molar-refractivity contribution in [1.82, 2.24) is 0 Å². The van der Waals surface area contributed by atoms with Gasteiger partial charge in [0.1, 0.15) is 5.69 Å². The molecule has 0 aliphatic carbocycles. The summed E-state index contributed by atoms with van der Waals surface area (Å²) in [6, 6.07) is 14.4. The van der Waals surface area contributed by atoms with Crippen molar-refractivity contribution in [3.63, 3.8) is 0 Å². The topological polar surface area (TPSA) is 69.6 Å². The van der Waals surface area contributed by atoms with Crippen molar-refractivity contribution in [2.75, 3.05) is 0 Å². The number of carbonyl (C=O) groups excluding carboxylic acids is 1. The molecule has 2 rings (SSSR count). The van der Waals surface area contributed by atoms with E-state index in [2.05, 4.69) is 5.18 Å². The number of ketones is 1. The minimum Gasteiger partial charge on any atom is -0.843 e. The van der Waals surface area contributed by atoms with Gasteiger partial charge in [0.15, 0.2) is 5.78 Å². The summed E-state index contributed by atoms with van der Waals surface area (Å²) in [7, 11) is 0. The van der Waals surface area contributed by atoms with Gasteiger partial charge in [0.25, 0.3) is 0 Å². The van der Waals surface area contributed by atoms with Gasteiger partial charge in [0, 0.05) is 5.56 Å². The molecule has 0 saturated heterocycles. The zero-order valence-corrected chi connectivity index (χ0v) is 9.45. The third-order valence-corrected chi connectivity index (χ3v) is 2.61. The minimum absolute atomic E-state index is 0.000666. The van der Waals surface area contributed by atoms with E-state index in [-0.39, 0.29) is 11.3 Å². The van der Waals surface area contributed by atoms with Crippen molar-refractivity contribution in [2.45, 2.75) is 6.10 Å². The van der Waals surface area contributed by atoms with Crippen molar-refractivity contribution < 1.29 is 9.90 Å². The molecule has 0 aliphatic heterocycles. The predicted molar refractivity (Wildman–Crippen MR) is 65.4 cm³/mol. The molecule has 2 aromatic carbocycles. The van der Waals surface area contributed by atoms with Gasteiger partial charge >= 0.3 is 0 Å². The fourth-order valence-electron chi connectivity index (χ4n) is 1.68. The third-order valence-electron chi connectivity index (χ3n) is 2.61. The van der Waals surface area contributed by atoms with Gasteiger partial charge in [-0.05, 0) is 23.4 Å². The molecule has 0 spiro atoms. The Hall–Kier alpha value is -2.33. The molecule has 0 aromatic heterocycles. The van der Waals surface area contributed by atoms with Crippen LogP contribution in [0.3, 0.4) is 0 Å². The van der Waals surface area contributed by atoms with Gasteiger partial charge in [-0.25, -0.2) is 0 Å². The maximum Gasteiger partial charge on any atom is 0.156 e. The van der Waals surface area contributed by atoms with Crippen LogP contribution in [0.15, 0.2) is 59.8 Å². The first-order valence-electron chi connectivity index (χ1n) is 5.41. The average Bonchev–Trinajstić information content (AvgIpc) is 2.46. The van der Waals surface area contributed by atoms with Crippen LogP contribution in [0.2, 0.25) is 0 Å². The van der Waals surface area contributed by atoms with Crippen LogP contribution in [0.1, 0.15) is 22.0 Å². The molecule has 4 heteroatoms. The number of rotatable bonds is 4. The van der Waals surface area contributed by atoms with Crippen LogP contribution in [0, 0.1) is 4.91 Å². The van der Waals surface area contributed by atoms with Gasteiger partial charge in [-0.15, -0.1) is 4.91 Å². The van der Waals surface area contributed by atoms with E-state index in [1.807, 2.05) is 0 Å². The Kier molecular flexibility index (Phi) is 3.60. The lowest BCUT2D eigenvalue weighted by Crippen LogP contribution is -2.25. The molecule has 18 heavy (non-hydrogen) atoms. The second-order valence-corrected chi connectivity index (χ2v) is 3.76. The quantitative estimate of drug-likeness (QED) is 0.608. The van der Waals surface area contributed by atoms with Crippen LogP contribution in [0.25, 0.3) is 0 Å². The van der Waals surface area contributed by atoms with E-state index in [1.54, 1.807) is 42.5 Å². The molecular formula is C14H10NO3-. The van der Waals surface area contributed by atoms with E-state index >= 15 is 0 Å². The highest BCUT2D eigenvalue weighted by atomic mass is 16.3. The summed E-state index contributed by atoms with van der Waals surface area (Å²) in [6.07, 6.45) is -1.53. The highest BCUT2D eigenvalue weighted by Crippen LogP contribution is 2.23. The molecular weight excluding hydrogens is 230 g/mol. The monoisotopic (exact) mass is 240 g/mol. The van der Waals surface area contributed by atoms with Gasteiger partial charge in [0.05, 0.1) is 0 Å². The number of nitrogens with zero attached hydrogens (tertiary/aromatic N) is 1. The third kappa shape index (κ3) is 2.33. The maximum atomic E-state index is 12.0. The molecule has 1 atom stereocenters. The Bertz CT molecular complexity index is 566. The molecule has 4 nitrogen and oxygen atoms in total. The smallest absolute Gasteiger partial charge is 0.156 e. The molecule has 0 N–H and O–H groups in total. The van der Waals surface area contributed by atoms with Crippen molar-refractivity contribution in [3.8, 4) is 0 Å². The van der Waals surface area contributed by atoms with E-state index in [0.717, 1.165) is 0 Å². The molecule has 2 aromatic rings. The fourth-order valence-corrected chi connectivity index (χ4v) is 1.68. The standard InChI is InChI=1S/C14H10NO3/c16-13(10-6-2-1-3-7-10)14(17)11-8-4-5-9-12(11)15-18/h1-9,13H/q-1. The number of hydrogen-bond donors (Lipinski definition) is 0. The van der Waals surface area contributed by atoms with Crippen LogP contribution in [0.4, 0.5) is 5.69 Å². The fraction of sp³-hybridized carbons (Fsp3) is 0.0714. The van der Waals surface area contributed by atoms with Crippen molar-refractivity contribution in [2.24, 2.45) is 5.18 Å². The number of hydrogen-bond acceptors (Lipinski definition) is 4. The summed E-state index contributed by atoms with van der Waals surface area (Å²) < 4.78 is 0. The summed E-state index contributed by atoms with van der Waals surface area (Å²) in [6.45, 7) is 0. The predicted octanol–water partition coefficient (Wildman–Crippen LogP) is 2.37. The molecule has 0 aliphatic rings. The van der Waals surface area contributed by atoms with Gasteiger partial charge in [-0.2, -0.15) is 0 Å². The van der Waals surface area contributed by atoms with Crippen molar-refractivity contribution in [3.05, 3.63) is 70.6 Å². The molecule has 90 valence electrons. The van der Waals surface area contributed by atoms with Crippen LogP contribution in [-0.2, 0) is 0 Å². The zero-order chi connectivity index (χ0) is 13.0. The highest BCUT2D eigenvalue weighted by molar-refractivity contribution is 6.03. The lowest BCUT2D eigenvalue weighted by molar-refractivity contribution is -0.404. The lowest BCUT2D eigenvalue weighted by atomic mass is 9.99. The normalized spacial score (nSPS) is 11.8. The van der Waals surface area contributed by atoms with E-state index in [1.165, 1.54) is 12.1 Å². The Morgan fingerprint density at radius 3 is 2.28 bits per heavy atom. The van der Waals surface area contributed by atoms with E-state index < -0.39 is 11.9 Å². The second kappa shape index (κ2) is 5.33. The van der Waals surface area contributed by atoms with Gasteiger partial charge in [-0.1, -0.05) is 48.0 Å². The van der Waals surface area contributed by atoms with Crippen LogP contribution in [0.5, 0.6) is 0 Å². The SMILES string of the molecule is O=Nc1ccccc1C(=O)C([O-])c1ccccc1. The van der Waals surface area contributed by atoms with Gasteiger partial charge in [-0.3, -0.25) is 4.79 Å². The summed E-state index contributed by atoms with van der Waals surface area (Å²) >= 11 is 0. The molecule has 0 radical (unpaired) electrons. The summed E-state index contributed by atoms with van der Waals surface area (Å²) in [5.74, 6) is -0.642. The van der Waals surface area contributed by atoms with E-state index in [0.29, 0.717) is 5.56 Å². The zero-order valence-electron chi connectivity index (χ0n) is 9.45. The van der Waals surface area contributed by atoms with Crippen LogP contribution >= 0.6 is 0 Å². The minimum atomic E-state index is -1.53. The Labute approximate surface area is 104 Å². The van der Waals surface area contributed by atoms with Crippen molar-refractivity contribution >= 4 is 11.5 Å². The number of Topliss-reactive ketones (excluding diaryl/α,β-unsaturated/α-hetero) is 1. The molecule has 1 unspecified atom stereocenters. The number of nitroso groups, excluding NO2 is 1. The summed E-state index contributed by atoms with van der Waals surface area (Å²) in [5.41, 5.74) is 0.443. The van der Waals surface area contributed by atoms with Gasteiger partial charge in [0.2, 0.25) is 0 Å². The Morgan fingerprint density at radius 2 is 1.61 bits per heavy atom. The van der Waals surface area contributed by atoms with E-state index in [9.17, 15) is 14.8 Å². The largest absolute Gasteiger partial charge is 0.843 e. The number of carbonyl (C=O) groups is 1. The summed E-state index contributed by atoms with van der Waals surface area (Å²) in [5, 5.41) is 14.8. The summed E-state index contributed by atoms with van der Waals surface area (Å²) in [4.78, 5) is 22.6. The van der Waals surface area contributed by atoms with Crippen LogP contribution in [-0.4, -0.2) is 5.78 Å². The second-order valence-electron chi connectivity index (χ2n) is 3.76. The first kappa shape index (κ1) is 12.1. The van der Waals surface area contributed by atoms with Crippen LogP contribution < -0.4 is 5.11 Å². The molecule has 0 fully saturated rings. The van der Waals surface area contributed by atoms with Gasteiger partial charge < -0.3 is 5.11 Å². The number of benzene rings is 2. The Morgan fingerprint density at radius 1 is 1.00 bits per heavy atom. The molecule has 0 amide bonds. The van der Waals surface area contributed by atoms with Crippen molar-refractivity contribution in [1.29, 1.82) is 0 Å². The maximum absolute atomic E-state index is 12.0. The average molecular weight is 240 g/mol. The molecule has 0 bridgehead atoms. The highest BCUT2D eigenvalue weighted by Gasteiger charge is 2.15. The molecule has 0 heterocycles. The first-order valence-corrected chi connectivity index (χ1v) is 5.41. The van der Waals surface area contributed by atoms with E-state index in [4.69, 9.17) is 0 Å². The molecule has 0 saturated carbocycles. The Balaban J connectivity index is 2.34. The lowest BCUT2D eigenvalue weighted by Gasteiger charge is -2.21. The first-order chi connectivity index (χ1) is 8.74.